The number of aryl methyl sites for hydroxylation is 1. The van der Waals surface area contributed by atoms with E-state index in [0.29, 0.717) is 11.6 Å². The van der Waals surface area contributed by atoms with E-state index in [9.17, 15) is 13.2 Å². The number of carbonyl (C=O) groups is 1. The first-order valence-electron chi connectivity index (χ1n) is 8.49. The molecule has 134 valence electrons. The Kier molecular flexibility index (Phi) is 5.91. The van der Waals surface area contributed by atoms with Gasteiger partial charge in [0, 0.05) is 13.1 Å². The van der Waals surface area contributed by atoms with Crippen LogP contribution in [0.4, 0.5) is 5.69 Å². The van der Waals surface area contributed by atoms with Crippen molar-refractivity contribution in [3.8, 4) is 0 Å². The smallest absolute Gasteiger partial charge is 0.243 e. The van der Waals surface area contributed by atoms with Gasteiger partial charge in [-0.15, -0.1) is 0 Å². The summed E-state index contributed by atoms with van der Waals surface area (Å²) in [5, 5.41) is 0. The number of sulfonamides is 1. The van der Waals surface area contributed by atoms with Crippen molar-refractivity contribution < 1.29 is 13.2 Å². The second-order valence-corrected chi connectivity index (χ2v) is 8.88. The maximum Gasteiger partial charge on any atom is 0.243 e. The average Bonchev–Trinajstić information content (AvgIpc) is 2.52. The molecule has 1 aromatic carbocycles. The molecule has 0 atom stereocenters. The Bertz CT molecular complexity index is 679. The van der Waals surface area contributed by atoms with Gasteiger partial charge in [0.2, 0.25) is 15.9 Å². The van der Waals surface area contributed by atoms with E-state index in [0.717, 1.165) is 37.5 Å². The van der Waals surface area contributed by atoms with Gasteiger partial charge in [-0.25, -0.2) is 8.42 Å². The van der Waals surface area contributed by atoms with Crippen LogP contribution in [0.3, 0.4) is 0 Å². The molecule has 1 amide bonds. The summed E-state index contributed by atoms with van der Waals surface area (Å²) in [4.78, 5) is 14.4. The van der Waals surface area contributed by atoms with Gasteiger partial charge in [-0.1, -0.05) is 25.1 Å². The summed E-state index contributed by atoms with van der Waals surface area (Å²) in [5.74, 6) is 0.562. The number of amides is 1. The fraction of sp³-hybridized carbons (Fsp3) is 0.611. The molecule has 1 aliphatic carbocycles. The van der Waals surface area contributed by atoms with E-state index < -0.39 is 10.0 Å². The van der Waals surface area contributed by atoms with Crippen molar-refractivity contribution in [3.05, 3.63) is 29.8 Å². The molecule has 0 radical (unpaired) electrons. The van der Waals surface area contributed by atoms with Crippen LogP contribution in [0.25, 0.3) is 0 Å². The van der Waals surface area contributed by atoms with E-state index in [1.165, 1.54) is 4.31 Å². The molecule has 1 fully saturated rings. The van der Waals surface area contributed by atoms with Crippen LogP contribution in [0.5, 0.6) is 0 Å². The maximum atomic E-state index is 12.7. The Morgan fingerprint density at radius 3 is 2.29 bits per heavy atom. The van der Waals surface area contributed by atoms with Gasteiger partial charge in [0.25, 0.3) is 0 Å². The highest BCUT2D eigenvalue weighted by Gasteiger charge is 2.28. The normalized spacial score (nSPS) is 21.3. The van der Waals surface area contributed by atoms with Crippen molar-refractivity contribution in [2.45, 2.75) is 45.6 Å². The summed E-state index contributed by atoms with van der Waals surface area (Å²) in [6, 6.07) is 7.45. The minimum Gasteiger partial charge on any atom is -0.341 e. The van der Waals surface area contributed by atoms with Crippen LogP contribution >= 0.6 is 0 Å². The largest absolute Gasteiger partial charge is 0.341 e. The van der Waals surface area contributed by atoms with Crippen molar-refractivity contribution in [1.29, 1.82) is 0 Å². The highest BCUT2D eigenvalue weighted by molar-refractivity contribution is 7.92. The van der Waals surface area contributed by atoms with E-state index in [-0.39, 0.29) is 18.5 Å². The summed E-state index contributed by atoms with van der Waals surface area (Å²) in [5.41, 5.74) is 1.41. The summed E-state index contributed by atoms with van der Waals surface area (Å²) in [6.45, 7) is 3.94. The zero-order valence-electron chi connectivity index (χ0n) is 15.0. The Morgan fingerprint density at radius 2 is 1.75 bits per heavy atom. The summed E-state index contributed by atoms with van der Waals surface area (Å²) in [6.07, 6.45) is 5.38. The third kappa shape index (κ3) is 4.50. The van der Waals surface area contributed by atoms with Gasteiger partial charge >= 0.3 is 0 Å². The molecule has 0 N–H and O–H groups in total. The number of rotatable bonds is 5. The first kappa shape index (κ1) is 18.8. The molecule has 0 aromatic heterocycles. The Labute approximate surface area is 145 Å². The zero-order chi connectivity index (χ0) is 17.9. The molecule has 2 rings (SSSR count). The van der Waals surface area contributed by atoms with Crippen LogP contribution in [0.1, 0.15) is 38.2 Å². The monoisotopic (exact) mass is 352 g/mol. The molecule has 0 aliphatic heterocycles. The molecule has 1 saturated carbocycles. The van der Waals surface area contributed by atoms with Crippen LogP contribution < -0.4 is 4.31 Å². The van der Waals surface area contributed by atoms with Crippen molar-refractivity contribution in [3.63, 3.8) is 0 Å². The summed E-state index contributed by atoms with van der Waals surface area (Å²) in [7, 11) is -1.73. The summed E-state index contributed by atoms with van der Waals surface area (Å²) < 4.78 is 25.6. The number of likely N-dealkylation sites (N-methyl/N-ethyl adjacent to an activating group) is 1. The minimum atomic E-state index is -3.52. The molecular formula is C18H28N2O3S. The Morgan fingerprint density at radius 1 is 1.17 bits per heavy atom. The third-order valence-electron chi connectivity index (χ3n) is 4.99. The van der Waals surface area contributed by atoms with Gasteiger partial charge in [0.15, 0.2) is 0 Å². The van der Waals surface area contributed by atoms with Crippen LogP contribution in [0.2, 0.25) is 0 Å². The van der Waals surface area contributed by atoms with Crippen molar-refractivity contribution in [2.75, 3.05) is 24.2 Å². The molecule has 0 spiro atoms. The number of carbonyl (C=O) groups excluding carboxylic acids is 1. The van der Waals surface area contributed by atoms with E-state index in [1.807, 2.05) is 19.1 Å². The van der Waals surface area contributed by atoms with Gasteiger partial charge in [-0.05, 0) is 50.2 Å². The standard InChI is InChI=1S/C18H28N2O3S/c1-14-9-11-16(12-10-14)19(3)18(21)13-20(24(4,22)23)17-8-6-5-7-15(17)2/h5-8,14,16H,9-13H2,1-4H3. The number of anilines is 1. The molecule has 0 unspecified atom stereocenters. The molecule has 6 heteroatoms. The predicted molar refractivity (Wildman–Crippen MR) is 97.6 cm³/mol. The maximum absolute atomic E-state index is 12.7. The summed E-state index contributed by atoms with van der Waals surface area (Å²) >= 11 is 0. The van der Waals surface area contributed by atoms with Gasteiger partial charge in [-0.3, -0.25) is 9.10 Å². The van der Waals surface area contributed by atoms with E-state index in [2.05, 4.69) is 6.92 Å². The SMILES string of the molecule is Cc1ccccc1N(CC(=O)N(C)C1CCC(C)CC1)S(C)(=O)=O. The highest BCUT2D eigenvalue weighted by atomic mass is 32.2. The molecule has 0 bridgehead atoms. The van der Waals surface area contributed by atoms with E-state index in [4.69, 9.17) is 0 Å². The Hall–Kier alpha value is -1.56. The zero-order valence-corrected chi connectivity index (χ0v) is 15.8. The third-order valence-corrected chi connectivity index (χ3v) is 6.12. The average molecular weight is 353 g/mol. The minimum absolute atomic E-state index is 0.147. The fourth-order valence-corrected chi connectivity index (χ4v) is 4.20. The molecule has 0 saturated heterocycles. The lowest BCUT2D eigenvalue weighted by Crippen LogP contribution is -2.46. The van der Waals surface area contributed by atoms with Crippen molar-refractivity contribution in [2.24, 2.45) is 5.92 Å². The Balaban J connectivity index is 2.15. The molecule has 1 aliphatic rings. The molecule has 5 nitrogen and oxygen atoms in total. The van der Waals surface area contributed by atoms with Crippen LogP contribution in [0.15, 0.2) is 24.3 Å². The van der Waals surface area contributed by atoms with Gasteiger partial charge in [0.1, 0.15) is 6.54 Å². The number of benzene rings is 1. The van der Waals surface area contributed by atoms with E-state index >= 15 is 0 Å². The molecular weight excluding hydrogens is 324 g/mol. The van der Waals surface area contributed by atoms with E-state index in [1.54, 1.807) is 24.1 Å². The first-order chi connectivity index (χ1) is 11.2. The quantitative estimate of drug-likeness (QED) is 0.819. The molecule has 0 heterocycles. The number of nitrogens with zero attached hydrogens (tertiary/aromatic N) is 2. The molecule has 24 heavy (non-hydrogen) atoms. The van der Waals surface area contributed by atoms with Crippen LogP contribution in [0, 0.1) is 12.8 Å². The lowest BCUT2D eigenvalue weighted by atomic mass is 9.87. The van der Waals surface area contributed by atoms with Gasteiger partial charge in [-0.2, -0.15) is 0 Å². The lowest BCUT2D eigenvalue weighted by Gasteiger charge is -2.35. The number of hydrogen-bond donors (Lipinski definition) is 0. The molecule has 1 aromatic rings. The van der Waals surface area contributed by atoms with Crippen molar-refractivity contribution in [1.82, 2.24) is 4.90 Å². The highest BCUT2D eigenvalue weighted by Crippen LogP contribution is 2.27. The predicted octanol–water partition coefficient (Wildman–Crippen LogP) is 2.80. The second-order valence-electron chi connectivity index (χ2n) is 6.97. The second kappa shape index (κ2) is 7.55. The number of para-hydroxylation sites is 1. The van der Waals surface area contributed by atoms with Crippen LogP contribution in [-0.2, 0) is 14.8 Å². The fourth-order valence-electron chi connectivity index (χ4n) is 3.29. The first-order valence-corrected chi connectivity index (χ1v) is 10.3. The lowest BCUT2D eigenvalue weighted by molar-refractivity contribution is -0.131. The number of hydrogen-bond acceptors (Lipinski definition) is 3. The van der Waals surface area contributed by atoms with Gasteiger partial charge in [0.05, 0.1) is 11.9 Å². The topological polar surface area (TPSA) is 57.7 Å². The van der Waals surface area contributed by atoms with Crippen molar-refractivity contribution >= 4 is 21.6 Å². The van der Waals surface area contributed by atoms with Crippen LogP contribution in [-0.4, -0.2) is 45.1 Å². The van der Waals surface area contributed by atoms with Gasteiger partial charge < -0.3 is 4.90 Å².